The maximum atomic E-state index is 11.4. The molecule has 96 valence electrons. The molecule has 0 atom stereocenters. The zero-order chi connectivity index (χ0) is 13.7. The third kappa shape index (κ3) is 4.25. The number of carbonyl (C=O) groups excluding carboxylic acids is 2. The summed E-state index contributed by atoms with van der Waals surface area (Å²) in [6.07, 6.45) is 0. The molecule has 0 radical (unpaired) electrons. The number of nitrogens with one attached hydrogen (secondary N) is 2. The van der Waals surface area contributed by atoms with Gasteiger partial charge in [-0.3, -0.25) is 9.59 Å². The summed E-state index contributed by atoms with van der Waals surface area (Å²) in [5.74, 6) is -0.241. The van der Waals surface area contributed by atoms with E-state index < -0.39 is 0 Å². The van der Waals surface area contributed by atoms with Crippen LogP contribution in [-0.2, 0) is 4.79 Å². The van der Waals surface area contributed by atoms with Crippen molar-refractivity contribution in [1.82, 2.24) is 5.32 Å². The normalized spacial score (nSPS) is 10.0. The van der Waals surface area contributed by atoms with E-state index in [4.69, 9.17) is 12.2 Å². The van der Waals surface area contributed by atoms with E-state index in [0.29, 0.717) is 5.56 Å². The fourth-order valence-electron chi connectivity index (χ4n) is 1.21. The number of anilines is 1. The lowest BCUT2D eigenvalue weighted by Gasteiger charge is -2.11. The Balaban J connectivity index is 2.60. The van der Waals surface area contributed by atoms with Gasteiger partial charge in [0, 0.05) is 17.2 Å². The van der Waals surface area contributed by atoms with E-state index in [0.717, 1.165) is 5.69 Å². The molecule has 0 unspecified atom stereocenters. The molecule has 0 aliphatic rings. The van der Waals surface area contributed by atoms with E-state index in [1.165, 1.54) is 6.92 Å². The average Bonchev–Trinajstić information content (AvgIpc) is 2.29. The molecule has 1 aromatic rings. The Hall–Kier alpha value is -1.75. The number of rotatable bonds is 3. The minimum Gasteiger partial charge on any atom is -0.332 e. The van der Waals surface area contributed by atoms with Gasteiger partial charge in [0.25, 0.3) is 0 Å². The van der Waals surface area contributed by atoms with Crippen molar-refractivity contribution in [3.63, 3.8) is 0 Å². The van der Waals surface area contributed by atoms with Crippen molar-refractivity contribution in [1.29, 1.82) is 0 Å². The molecule has 18 heavy (non-hydrogen) atoms. The molecule has 2 N–H and O–H groups in total. The minimum atomic E-state index is -0.132. The summed E-state index contributed by atoms with van der Waals surface area (Å²) in [5, 5.41) is 5.72. The zero-order valence-corrected chi connectivity index (χ0v) is 11.4. The average molecular weight is 264 g/mol. The minimum absolute atomic E-state index is 0.0113. The molecule has 0 aliphatic heterocycles. The molecule has 0 saturated heterocycles. The third-order valence-corrected chi connectivity index (χ3v) is 2.51. The monoisotopic (exact) mass is 264 g/mol. The van der Waals surface area contributed by atoms with Crippen LogP contribution in [0.2, 0.25) is 0 Å². The molecule has 0 saturated carbocycles. The number of thiocarbonyl (C=S) groups is 1. The van der Waals surface area contributed by atoms with Gasteiger partial charge in [0.05, 0.1) is 0 Å². The van der Waals surface area contributed by atoms with Gasteiger partial charge in [-0.15, -0.1) is 0 Å². The van der Waals surface area contributed by atoms with Crippen LogP contribution in [0.15, 0.2) is 24.3 Å². The summed E-state index contributed by atoms with van der Waals surface area (Å²) >= 11 is 5.01. The van der Waals surface area contributed by atoms with Crippen molar-refractivity contribution >= 4 is 34.7 Å². The van der Waals surface area contributed by atoms with E-state index in [1.807, 2.05) is 0 Å². The van der Waals surface area contributed by atoms with Gasteiger partial charge in [-0.25, -0.2) is 0 Å². The van der Waals surface area contributed by atoms with E-state index >= 15 is 0 Å². The van der Waals surface area contributed by atoms with Gasteiger partial charge in [0.2, 0.25) is 5.91 Å². The maximum absolute atomic E-state index is 11.4. The first kappa shape index (κ1) is 14.3. The molecule has 1 aromatic carbocycles. The lowest BCUT2D eigenvalue weighted by atomic mass is 10.1. The largest absolute Gasteiger partial charge is 0.332 e. The zero-order valence-electron chi connectivity index (χ0n) is 10.6. The van der Waals surface area contributed by atoms with Gasteiger partial charge in [0.15, 0.2) is 10.9 Å². The highest BCUT2D eigenvalue weighted by Crippen LogP contribution is 2.09. The predicted molar refractivity (Wildman–Crippen MR) is 75.6 cm³/mol. The topological polar surface area (TPSA) is 58.2 Å². The smallest absolute Gasteiger partial charge is 0.228 e. The van der Waals surface area contributed by atoms with Crippen molar-refractivity contribution in [2.24, 2.45) is 5.92 Å². The first-order chi connectivity index (χ1) is 8.40. The van der Waals surface area contributed by atoms with E-state index in [9.17, 15) is 9.59 Å². The lowest BCUT2D eigenvalue weighted by molar-refractivity contribution is -0.122. The van der Waals surface area contributed by atoms with Gasteiger partial charge >= 0.3 is 0 Å². The first-order valence-electron chi connectivity index (χ1n) is 5.63. The molecule has 0 fully saturated rings. The molecular weight excluding hydrogens is 248 g/mol. The van der Waals surface area contributed by atoms with Crippen molar-refractivity contribution in [2.45, 2.75) is 20.8 Å². The Morgan fingerprint density at radius 1 is 1.17 bits per heavy atom. The Morgan fingerprint density at radius 2 is 1.72 bits per heavy atom. The molecule has 1 rings (SSSR count). The van der Waals surface area contributed by atoms with Crippen molar-refractivity contribution in [3.8, 4) is 0 Å². The molecule has 1 amide bonds. The molecular formula is C13H16N2O2S. The SMILES string of the molecule is CC(=O)c1ccc(NC(=S)NC(=O)C(C)C)cc1. The van der Waals surface area contributed by atoms with Crippen molar-refractivity contribution < 1.29 is 9.59 Å². The Labute approximate surface area is 112 Å². The number of ketones is 1. The molecule has 0 aromatic heterocycles. The molecule has 0 aliphatic carbocycles. The van der Waals surface area contributed by atoms with Crippen molar-refractivity contribution in [3.05, 3.63) is 29.8 Å². The Kier molecular flexibility index (Phi) is 4.97. The van der Waals surface area contributed by atoms with Crippen LogP contribution in [0, 0.1) is 5.92 Å². The summed E-state index contributed by atoms with van der Waals surface area (Å²) < 4.78 is 0. The number of Topliss-reactive ketones (excluding diaryl/α,β-unsaturated/α-hetero) is 1. The number of carbonyl (C=O) groups is 2. The third-order valence-electron chi connectivity index (χ3n) is 2.31. The van der Waals surface area contributed by atoms with E-state index in [2.05, 4.69) is 10.6 Å². The van der Waals surface area contributed by atoms with Crippen molar-refractivity contribution in [2.75, 3.05) is 5.32 Å². The fraction of sp³-hybridized carbons (Fsp3) is 0.308. The van der Waals surface area contributed by atoms with Gasteiger partial charge in [0.1, 0.15) is 0 Å². The first-order valence-corrected chi connectivity index (χ1v) is 6.04. The summed E-state index contributed by atoms with van der Waals surface area (Å²) in [4.78, 5) is 22.5. The predicted octanol–water partition coefficient (Wildman–Crippen LogP) is 2.36. The molecule has 5 heteroatoms. The van der Waals surface area contributed by atoms with Crippen LogP contribution in [0.3, 0.4) is 0 Å². The van der Waals surface area contributed by atoms with Crippen LogP contribution >= 0.6 is 12.2 Å². The second-order valence-electron chi connectivity index (χ2n) is 4.23. The van der Waals surface area contributed by atoms with Gasteiger partial charge in [-0.2, -0.15) is 0 Å². The molecule has 0 spiro atoms. The standard InChI is InChI=1S/C13H16N2O2S/c1-8(2)12(17)15-13(18)14-11-6-4-10(5-7-11)9(3)16/h4-8H,1-3H3,(H2,14,15,17,18). The van der Waals surface area contributed by atoms with Gasteiger partial charge in [-0.05, 0) is 43.4 Å². The van der Waals surface area contributed by atoms with Gasteiger partial charge in [-0.1, -0.05) is 13.8 Å². The highest BCUT2D eigenvalue weighted by Gasteiger charge is 2.08. The number of hydrogen-bond donors (Lipinski definition) is 2. The maximum Gasteiger partial charge on any atom is 0.228 e. The highest BCUT2D eigenvalue weighted by atomic mass is 32.1. The van der Waals surface area contributed by atoms with E-state index in [1.54, 1.807) is 38.1 Å². The van der Waals surface area contributed by atoms with Crippen LogP contribution in [-0.4, -0.2) is 16.8 Å². The van der Waals surface area contributed by atoms with Crippen LogP contribution in [0.4, 0.5) is 5.69 Å². The van der Waals surface area contributed by atoms with Gasteiger partial charge < -0.3 is 10.6 Å². The second kappa shape index (κ2) is 6.26. The Morgan fingerprint density at radius 3 is 2.17 bits per heavy atom. The van der Waals surface area contributed by atoms with Crippen LogP contribution < -0.4 is 10.6 Å². The van der Waals surface area contributed by atoms with E-state index in [-0.39, 0.29) is 22.7 Å². The fourth-order valence-corrected chi connectivity index (χ4v) is 1.43. The highest BCUT2D eigenvalue weighted by molar-refractivity contribution is 7.80. The summed E-state index contributed by atoms with van der Waals surface area (Å²) in [7, 11) is 0. The molecule has 0 bridgehead atoms. The number of benzene rings is 1. The molecule has 0 heterocycles. The number of amides is 1. The van der Waals surface area contributed by atoms with Crippen LogP contribution in [0.1, 0.15) is 31.1 Å². The second-order valence-corrected chi connectivity index (χ2v) is 4.64. The number of hydrogen-bond acceptors (Lipinski definition) is 3. The Bertz CT molecular complexity index is 466. The van der Waals surface area contributed by atoms with Crippen LogP contribution in [0.5, 0.6) is 0 Å². The summed E-state index contributed by atoms with van der Waals surface area (Å²) in [6, 6.07) is 6.89. The summed E-state index contributed by atoms with van der Waals surface area (Å²) in [5.41, 5.74) is 1.37. The molecule has 4 nitrogen and oxygen atoms in total. The summed E-state index contributed by atoms with van der Waals surface area (Å²) in [6.45, 7) is 5.09. The van der Waals surface area contributed by atoms with Crippen LogP contribution in [0.25, 0.3) is 0 Å². The quantitative estimate of drug-likeness (QED) is 0.650. The lowest BCUT2D eigenvalue weighted by Crippen LogP contribution is -2.36.